The second kappa shape index (κ2) is 19.0. The van der Waals surface area contributed by atoms with E-state index >= 15 is 0 Å². The average molecular weight is 867 g/mol. The minimum absolute atomic E-state index is 0.0143. The van der Waals surface area contributed by atoms with E-state index in [1.807, 2.05) is 22.9 Å². The van der Waals surface area contributed by atoms with Crippen LogP contribution in [0, 0.1) is 11.8 Å². The summed E-state index contributed by atoms with van der Waals surface area (Å²) in [5, 5.41) is 2.78. The predicted octanol–water partition coefficient (Wildman–Crippen LogP) is 9.59. The van der Waals surface area contributed by atoms with Gasteiger partial charge in [-0.25, -0.2) is 14.8 Å². The molecule has 0 aliphatic carbocycles. The Morgan fingerprint density at radius 3 is 2.16 bits per heavy atom. The van der Waals surface area contributed by atoms with Gasteiger partial charge in [-0.3, -0.25) is 9.59 Å². The first-order valence-corrected chi connectivity index (χ1v) is 23.4. The monoisotopic (exact) mass is 866 g/mol. The lowest BCUT2D eigenvalue weighted by atomic mass is 9.96. The molecule has 6 heterocycles. The molecule has 336 valence electrons. The van der Waals surface area contributed by atoms with Crippen molar-refractivity contribution < 1.29 is 23.9 Å². The first kappa shape index (κ1) is 43.3. The molecular weight excluding hydrogens is 805 g/mol. The number of amides is 3. The number of methoxy groups -OCH3 is 1. The topological polar surface area (TPSA) is 149 Å². The number of aromatic amines is 2. The molecule has 3 fully saturated rings. The molecule has 0 saturated carbocycles. The number of likely N-dealkylation sites (tertiary alicyclic amines) is 1. The number of para-hydroxylation sites is 1. The highest BCUT2D eigenvalue weighted by molar-refractivity contribution is 5.86. The lowest BCUT2D eigenvalue weighted by molar-refractivity contribution is -0.137. The Balaban J connectivity index is 0.940. The summed E-state index contributed by atoms with van der Waals surface area (Å²) in [5.74, 6) is 2.01. The standard InChI is InChI=1S/C51H62N8O5/c1-32(2)33(3)49(60)57-27-10-15-44(57)47-52-30-40(53-47)34-17-19-35(20-18-34)42-25-26-43(59(42)38-12-6-5-7-13-38)36-21-23-37(24-22-36)46-41-31-64-29-9-8-14-39(55-51(62)63-4)50(61)58-28-11-16-45(58)48(54-41)56-46/h5-7,12-13,17-24,30,32-33,39,42-45H,8-11,14-16,25-29,31H2,1-4H3,(H,52,53)(H,54,56)(H,55,62)/t33-,39-,42+,43+,44-,45-/m0/s1. The van der Waals surface area contributed by atoms with Crippen LogP contribution in [0.25, 0.3) is 22.5 Å². The second-order valence-electron chi connectivity index (χ2n) is 18.4. The molecule has 0 radical (unpaired) electrons. The Hall–Kier alpha value is -5.95. The minimum Gasteiger partial charge on any atom is -0.453 e. The molecule has 6 atom stereocenters. The molecule has 2 bridgehead atoms. The van der Waals surface area contributed by atoms with Gasteiger partial charge >= 0.3 is 6.09 Å². The number of nitrogens with one attached hydrogen (secondary N) is 3. The number of rotatable bonds is 9. The van der Waals surface area contributed by atoms with Crippen LogP contribution in [0.15, 0.2) is 85.1 Å². The fraction of sp³-hybridized carbons (Fsp3) is 0.471. The van der Waals surface area contributed by atoms with Crippen LogP contribution < -0.4 is 10.2 Å². The van der Waals surface area contributed by atoms with Gasteiger partial charge in [0.1, 0.15) is 17.7 Å². The Kier molecular flexibility index (Phi) is 12.9. The van der Waals surface area contributed by atoms with Gasteiger partial charge in [0.2, 0.25) is 11.8 Å². The van der Waals surface area contributed by atoms with Crippen molar-refractivity contribution in [1.29, 1.82) is 0 Å². The molecule has 3 aromatic carbocycles. The molecule has 13 nitrogen and oxygen atoms in total. The molecule has 2 aromatic heterocycles. The van der Waals surface area contributed by atoms with E-state index in [0.717, 1.165) is 97.8 Å². The summed E-state index contributed by atoms with van der Waals surface area (Å²) in [6.45, 7) is 8.57. The highest BCUT2D eigenvalue weighted by Crippen LogP contribution is 2.47. The van der Waals surface area contributed by atoms with Crippen molar-refractivity contribution in [2.45, 2.75) is 115 Å². The third-order valence-electron chi connectivity index (χ3n) is 14.2. The van der Waals surface area contributed by atoms with Crippen LogP contribution in [-0.2, 0) is 25.7 Å². The van der Waals surface area contributed by atoms with Crippen molar-refractivity contribution >= 4 is 23.6 Å². The van der Waals surface area contributed by atoms with Crippen molar-refractivity contribution in [3.05, 3.63) is 114 Å². The van der Waals surface area contributed by atoms with E-state index in [-0.39, 0.29) is 41.9 Å². The molecule has 5 aromatic rings. The summed E-state index contributed by atoms with van der Waals surface area (Å²) >= 11 is 0. The summed E-state index contributed by atoms with van der Waals surface area (Å²) in [7, 11) is 1.32. The van der Waals surface area contributed by atoms with Gasteiger partial charge in [-0.1, -0.05) is 87.5 Å². The number of carbonyl (C=O) groups excluding carboxylic acids is 3. The van der Waals surface area contributed by atoms with E-state index < -0.39 is 12.1 Å². The molecule has 0 unspecified atom stereocenters. The van der Waals surface area contributed by atoms with Gasteiger partial charge < -0.3 is 39.5 Å². The zero-order valence-corrected chi connectivity index (χ0v) is 37.6. The first-order valence-electron chi connectivity index (χ1n) is 23.4. The van der Waals surface area contributed by atoms with Gasteiger partial charge in [0.25, 0.3) is 0 Å². The number of benzene rings is 3. The summed E-state index contributed by atoms with van der Waals surface area (Å²) in [6.07, 6.45) is 8.89. The van der Waals surface area contributed by atoms with Crippen LogP contribution in [0.2, 0.25) is 0 Å². The maximum absolute atomic E-state index is 13.9. The fourth-order valence-electron chi connectivity index (χ4n) is 10.3. The molecule has 3 amide bonds. The quantitative estimate of drug-likeness (QED) is 0.133. The van der Waals surface area contributed by atoms with Crippen molar-refractivity contribution in [2.24, 2.45) is 11.8 Å². The number of hydrogen-bond donors (Lipinski definition) is 3. The van der Waals surface area contributed by atoms with Crippen LogP contribution >= 0.6 is 0 Å². The first-order chi connectivity index (χ1) is 31.2. The number of H-pyrrole nitrogens is 2. The van der Waals surface area contributed by atoms with Gasteiger partial charge in [0, 0.05) is 36.9 Å². The number of hydrogen-bond acceptors (Lipinski definition) is 8. The number of aromatic nitrogens is 4. The Bertz CT molecular complexity index is 2390. The lowest BCUT2D eigenvalue weighted by Gasteiger charge is -2.33. The van der Waals surface area contributed by atoms with Crippen molar-refractivity contribution in [3.63, 3.8) is 0 Å². The molecule has 13 heteroatoms. The van der Waals surface area contributed by atoms with Gasteiger partial charge in [-0.05, 0) is 92.5 Å². The predicted molar refractivity (Wildman–Crippen MR) is 246 cm³/mol. The number of alkyl carbamates (subject to hydrolysis) is 1. The van der Waals surface area contributed by atoms with Crippen LogP contribution in [0.5, 0.6) is 0 Å². The van der Waals surface area contributed by atoms with E-state index in [2.05, 4.69) is 113 Å². The average Bonchev–Trinajstić information content (AvgIpc) is 4.18. The number of ether oxygens (including phenoxy) is 2. The van der Waals surface area contributed by atoms with Crippen molar-refractivity contribution in [3.8, 4) is 22.5 Å². The number of nitrogens with zero attached hydrogens (tertiary/aromatic N) is 5. The Morgan fingerprint density at radius 2 is 1.45 bits per heavy atom. The summed E-state index contributed by atoms with van der Waals surface area (Å²) < 4.78 is 11.0. The van der Waals surface area contributed by atoms with Crippen LogP contribution in [0.1, 0.15) is 131 Å². The highest BCUT2D eigenvalue weighted by atomic mass is 16.5. The van der Waals surface area contributed by atoms with Crippen molar-refractivity contribution in [2.75, 3.05) is 31.7 Å². The molecule has 9 rings (SSSR count). The smallest absolute Gasteiger partial charge is 0.407 e. The number of fused-ring (bicyclic) bond motifs is 4. The SMILES string of the molecule is COC(=O)N[C@H]1CCCCOCc2[nH]c(nc2-c2ccc([C@H]3CC[C@H](c4ccc(-c5cnc([C@@H]6CCCN6C(=O)[C@@H](C)C(C)C)[nH]5)cc4)N3c3ccccc3)cc2)[C@@H]2CCCN2C1=O. The molecule has 0 spiro atoms. The summed E-state index contributed by atoms with van der Waals surface area (Å²) in [6, 6.07) is 27.9. The third-order valence-corrected chi connectivity index (χ3v) is 14.2. The molecule has 3 N–H and O–H groups in total. The van der Waals surface area contributed by atoms with Gasteiger partial charge in [-0.2, -0.15) is 0 Å². The van der Waals surface area contributed by atoms with E-state index in [4.69, 9.17) is 19.4 Å². The Morgan fingerprint density at radius 1 is 0.766 bits per heavy atom. The van der Waals surface area contributed by atoms with E-state index in [9.17, 15) is 14.4 Å². The van der Waals surface area contributed by atoms with Crippen molar-refractivity contribution in [1.82, 2.24) is 35.1 Å². The van der Waals surface area contributed by atoms with E-state index in [1.54, 1.807) is 0 Å². The zero-order chi connectivity index (χ0) is 44.3. The lowest BCUT2D eigenvalue weighted by Crippen LogP contribution is -2.48. The van der Waals surface area contributed by atoms with E-state index in [0.29, 0.717) is 32.1 Å². The molecular formula is C51H62N8O5. The maximum Gasteiger partial charge on any atom is 0.407 e. The molecule has 4 aliphatic heterocycles. The molecule has 3 saturated heterocycles. The summed E-state index contributed by atoms with van der Waals surface area (Å²) in [5.41, 5.74) is 8.47. The van der Waals surface area contributed by atoms with Crippen LogP contribution in [0.3, 0.4) is 0 Å². The molecule has 64 heavy (non-hydrogen) atoms. The van der Waals surface area contributed by atoms with Gasteiger partial charge in [0.15, 0.2) is 0 Å². The number of anilines is 1. The number of imidazole rings is 2. The van der Waals surface area contributed by atoms with Gasteiger partial charge in [0.05, 0.1) is 61.2 Å². The fourth-order valence-corrected chi connectivity index (χ4v) is 10.3. The zero-order valence-electron chi connectivity index (χ0n) is 37.6. The van der Waals surface area contributed by atoms with Crippen LogP contribution in [0.4, 0.5) is 10.5 Å². The Labute approximate surface area is 376 Å². The second-order valence-corrected chi connectivity index (χ2v) is 18.4. The van der Waals surface area contributed by atoms with Crippen LogP contribution in [-0.4, -0.2) is 80.5 Å². The van der Waals surface area contributed by atoms with E-state index in [1.165, 1.54) is 23.9 Å². The normalized spacial score (nSPS) is 23.4. The van der Waals surface area contributed by atoms with Gasteiger partial charge in [-0.15, -0.1) is 0 Å². The minimum atomic E-state index is -0.665. The highest BCUT2D eigenvalue weighted by Gasteiger charge is 2.39. The maximum atomic E-state index is 13.9. The number of carbonyl (C=O) groups is 3. The molecule has 4 aliphatic rings. The largest absolute Gasteiger partial charge is 0.453 e. The third kappa shape index (κ3) is 8.79. The summed E-state index contributed by atoms with van der Waals surface area (Å²) in [4.78, 5) is 63.0.